The summed E-state index contributed by atoms with van der Waals surface area (Å²) in [5.74, 6) is 0. The maximum atomic E-state index is 2.43. The van der Waals surface area contributed by atoms with E-state index in [-0.39, 0.29) is 0 Å². The van der Waals surface area contributed by atoms with Gasteiger partial charge in [-0.05, 0) is 98.4 Å². The maximum Gasteiger partial charge on any atom is 0.0547 e. The van der Waals surface area contributed by atoms with Crippen LogP contribution in [0.1, 0.15) is 0 Å². The standard InChI is InChI=1S/C46H30N2/c1-3-16-32(17-4-1)47(44-25-13-15-31-14-7-8-20-35(31)44)34-26-27-38-40(28-34)36-21-9-10-22-37(36)42-30-46-43(29-41(38)42)39-23-11-12-24-45(39)48(46)33-18-5-2-6-19-33/h1-30H. The van der Waals surface area contributed by atoms with E-state index in [1.807, 2.05) is 0 Å². The lowest BCUT2D eigenvalue weighted by atomic mass is 9.92. The minimum Gasteiger partial charge on any atom is -0.310 e. The molecule has 2 heteroatoms. The zero-order chi connectivity index (χ0) is 31.6. The molecule has 1 heterocycles. The van der Waals surface area contributed by atoms with E-state index in [1.54, 1.807) is 0 Å². The largest absolute Gasteiger partial charge is 0.310 e. The molecule has 1 aromatic heterocycles. The molecular weight excluding hydrogens is 581 g/mol. The van der Waals surface area contributed by atoms with Gasteiger partial charge in [0, 0.05) is 33.2 Å². The molecule has 2 nitrogen and oxygen atoms in total. The SMILES string of the molecule is c1ccc(N(c2ccc3c(c2)c2ccccc2c2cc4c(cc32)c2ccccc2n4-c2ccccc2)c2cccc3ccccc23)cc1. The lowest BCUT2D eigenvalue weighted by Gasteiger charge is -2.27. The zero-order valence-electron chi connectivity index (χ0n) is 26.2. The number of anilines is 3. The van der Waals surface area contributed by atoms with Crippen molar-refractivity contribution in [3.63, 3.8) is 0 Å². The van der Waals surface area contributed by atoms with Crippen molar-refractivity contribution in [1.29, 1.82) is 0 Å². The summed E-state index contributed by atoms with van der Waals surface area (Å²) in [6.45, 7) is 0. The van der Waals surface area contributed by atoms with E-state index in [0.29, 0.717) is 0 Å². The van der Waals surface area contributed by atoms with Crippen LogP contribution in [0.5, 0.6) is 0 Å². The van der Waals surface area contributed by atoms with Gasteiger partial charge in [-0.25, -0.2) is 0 Å². The number of rotatable bonds is 4. The van der Waals surface area contributed by atoms with E-state index in [0.717, 1.165) is 11.4 Å². The van der Waals surface area contributed by atoms with Crippen molar-refractivity contribution >= 4 is 82.0 Å². The van der Waals surface area contributed by atoms with Gasteiger partial charge < -0.3 is 9.47 Å². The lowest BCUT2D eigenvalue weighted by Crippen LogP contribution is -2.10. The van der Waals surface area contributed by atoms with Crippen LogP contribution in [0.25, 0.3) is 70.6 Å². The van der Waals surface area contributed by atoms with Crippen LogP contribution in [-0.2, 0) is 0 Å². The van der Waals surface area contributed by atoms with Crippen LogP contribution in [0.3, 0.4) is 0 Å². The molecule has 0 aliphatic carbocycles. The molecular formula is C46H30N2. The predicted molar refractivity (Wildman–Crippen MR) is 205 cm³/mol. The van der Waals surface area contributed by atoms with E-state index in [2.05, 4.69) is 191 Å². The third-order valence-corrected chi connectivity index (χ3v) is 9.91. The van der Waals surface area contributed by atoms with Crippen LogP contribution in [-0.4, -0.2) is 4.57 Å². The summed E-state index contributed by atoms with van der Waals surface area (Å²) >= 11 is 0. The Morgan fingerprint density at radius 3 is 1.69 bits per heavy atom. The second kappa shape index (κ2) is 10.6. The van der Waals surface area contributed by atoms with Crippen molar-refractivity contribution in [1.82, 2.24) is 4.57 Å². The molecule has 0 unspecified atom stereocenters. The summed E-state index contributed by atoms with van der Waals surface area (Å²) in [5, 5.41) is 12.6. The maximum absolute atomic E-state index is 2.43. The van der Waals surface area contributed by atoms with Gasteiger partial charge in [0.15, 0.2) is 0 Å². The van der Waals surface area contributed by atoms with Gasteiger partial charge in [-0.15, -0.1) is 0 Å². The molecule has 0 aliphatic rings. The lowest BCUT2D eigenvalue weighted by molar-refractivity contribution is 1.18. The Morgan fingerprint density at radius 1 is 0.312 bits per heavy atom. The van der Waals surface area contributed by atoms with Gasteiger partial charge in [-0.1, -0.05) is 121 Å². The molecule has 0 bridgehead atoms. The molecule has 0 N–H and O–H groups in total. The van der Waals surface area contributed by atoms with Gasteiger partial charge in [0.25, 0.3) is 0 Å². The molecule has 0 radical (unpaired) electrons. The summed E-state index contributed by atoms with van der Waals surface area (Å²) < 4.78 is 2.41. The molecule has 0 saturated carbocycles. The van der Waals surface area contributed by atoms with E-state index in [1.165, 1.54) is 76.3 Å². The van der Waals surface area contributed by atoms with Crippen LogP contribution >= 0.6 is 0 Å². The molecule has 48 heavy (non-hydrogen) atoms. The molecule has 0 saturated heterocycles. The summed E-state index contributed by atoms with van der Waals surface area (Å²) in [4.78, 5) is 2.40. The third kappa shape index (κ3) is 4.00. The summed E-state index contributed by atoms with van der Waals surface area (Å²) in [6, 6.07) is 66.2. The highest BCUT2D eigenvalue weighted by molar-refractivity contribution is 6.29. The van der Waals surface area contributed by atoms with Gasteiger partial charge in [-0.3, -0.25) is 0 Å². The van der Waals surface area contributed by atoms with E-state index < -0.39 is 0 Å². The van der Waals surface area contributed by atoms with E-state index >= 15 is 0 Å². The number of hydrogen-bond acceptors (Lipinski definition) is 1. The minimum absolute atomic E-state index is 1.13. The fourth-order valence-electron chi connectivity index (χ4n) is 7.81. The smallest absolute Gasteiger partial charge is 0.0547 e. The van der Waals surface area contributed by atoms with Crippen LogP contribution in [0.15, 0.2) is 182 Å². The van der Waals surface area contributed by atoms with Crippen LogP contribution < -0.4 is 4.90 Å². The number of para-hydroxylation sites is 3. The fourth-order valence-corrected chi connectivity index (χ4v) is 7.81. The number of hydrogen-bond donors (Lipinski definition) is 0. The summed E-state index contributed by atoms with van der Waals surface area (Å²) in [7, 11) is 0. The van der Waals surface area contributed by atoms with Crippen molar-refractivity contribution < 1.29 is 0 Å². The van der Waals surface area contributed by atoms with Gasteiger partial charge in [0.1, 0.15) is 0 Å². The predicted octanol–water partition coefficient (Wildman–Crippen LogP) is 12.9. The normalized spacial score (nSPS) is 11.8. The highest BCUT2D eigenvalue weighted by Crippen LogP contribution is 2.44. The molecule has 10 aromatic rings. The van der Waals surface area contributed by atoms with E-state index in [9.17, 15) is 0 Å². The Labute approximate surface area is 278 Å². The van der Waals surface area contributed by atoms with Crippen LogP contribution in [0, 0.1) is 0 Å². The molecule has 10 rings (SSSR count). The molecule has 0 aliphatic heterocycles. The van der Waals surface area contributed by atoms with E-state index in [4.69, 9.17) is 0 Å². The van der Waals surface area contributed by atoms with Gasteiger partial charge in [0.2, 0.25) is 0 Å². The summed E-state index contributed by atoms with van der Waals surface area (Å²) in [6.07, 6.45) is 0. The van der Waals surface area contributed by atoms with Crippen molar-refractivity contribution in [2.45, 2.75) is 0 Å². The first-order chi connectivity index (χ1) is 23.8. The molecule has 0 atom stereocenters. The Bertz CT molecular complexity index is 2830. The average Bonchev–Trinajstić information content (AvgIpc) is 3.48. The zero-order valence-corrected chi connectivity index (χ0v) is 26.2. The monoisotopic (exact) mass is 610 g/mol. The highest BCUT2D eigenvalue weighted by atomic mass is 15.1. The Kier molecular flexibility index (Phi) is 5.91. The van der Waals surface area contributed by atoms with Crippen molar-refractivity contribution in [3.05, 3.63) is 182 Å². The quantitative estimate of drug-likeness (QED) is 0.180. The molecule has 9 aromatic carbocycles. The highest BCUT2D eigenvalue weighted by Gasteiger charge is 2.19. The Hall–Kier alpha value is -6.38. The van der Waals surface area contributed by atoms with Crippen LogP contribution in [0.4, 0.5) is 17.1 Å². The van der Waals surface area contributed by atoms with Crippen LogP contribution in [0.2, 0.25) is 0 Å². The van der Waals surface area contributed by atoms with Crippen molar-refractivity contribution in [3.8, 4) is 5.69 Å². The van der Waals surface area contributed by atoms with Gasteiger partial charge >= 0.3 is 0 Å². The third-order valence-electron chi connectivity index (χ3n) is 9.91. The number of nitrogens with zero attached hydrogens (tertiary/aromatic N) is 2. The topological polar surface area (TPSA) is 8.17 Å². The van der Waals surface area contributed by atoms with Crippen molar-refractivity contribution in [2.75, 3.05) is 4.90 Å². The average molecular weight is 611 g/mol. The van der Waals surface area contributed by atoms with Gasteiger partial charge in [0.05, 0.1) is 16.7 Å². The fraction of sp³-hybridized carbons (Fsp3) is 0. The molecule has 0 fully saturated rings. The number of aromatic nitrogens is 1. The first-order valence-electron chi connectivity index (χ1n) is 16.5. The molecule has 0 spiro atoms. The second-order valence-electron chi connectivity index (χ2n) is 12.5. The first-order valence-corrected chi connectivity index (χ1v) is 16.5. The molecule has 0 amide bonds. The number of fused-ring (bicyclic) bond motifs is 10. The van der Waals surface area contributed by atoms with Crippen molar-refractivity contribution in [2.24, 2.45) is 0 Å². The minimum atomic E-state index is 1.13. The Morgan fingerprint density at radius 2 is 0.896 bits per heavy atom. The Balaban J connectivity index is 1.29. The van der Waals surface area contributed by atoms with Gasteiger partial charge in [-0.2, -0.15) is 0 Å². The first kappa shape index (κ1) is 26.8. The number of benzene rings is 9. The summed E-state index contributed by atoms with van der Waals surface area (Å²) in [5.41, 5.74) is 7.05. The second-order valence-corrected chi connectivity index (χ2v) is 12.5. The molecule has 224 valence electrons.